The second kappa shape index (κ2) is 38.7. The topological polar surface area (TPSA) is 190 Å². The molecule has 0 atom stereocenters. The first-order valence-electron chi connectivity index (χ1n) is 41.6. The molecule has 7 aliphatic rings. The molecule has 0 bridgehead atoms. The molecule has 4 saturated heterocycles. The molecule has 0 aromatic heterocycles. The third-order valence-corrected chi connectivity index (χ3v) is 25.7. The van der Waals surface area contributed by atoms with E-state index in [1.54, 1.807) is 28.8 Å². The molecular weight excluding hydrogens is 1850 g/mol. The predicted octanol–water partition coefficient (Wildman–Crippen LogP) is 22.3. The lowest BCUT2D eigenvalue weighted by atomic mass is 9.75. The van der Waals surface area contributed by atoms with Crippen molar-refractivity contribution < 1.29 is 95.0 Å². The number of thiocarbonyl (C=S) groups is 4. The molecule has 8 aromatic carbocycles. The first-order chi connectivity index (χ1) is 63.1. The molecule has 0 radical (unpaired) electrons. The summed E-state index contributed by atoms with van der Waals surface area (Å²) in [5.74, 6) is -4.68. The van der Waals surface area contributed by atoms with Gasteiger partial charge in [-0.2, -0.15) is 52.7 Å². The monoisotopic (exact) mass is 1930 g/mol. The first kappa shape index (κ1) is 99.6. The highest BCUT2D eigenvalue weighted by Crippen LogP contribution is 2.54. The summed E-state index contributed by atoms with van der Waals surface area (Å²) in [5, 5.41) is 4.66. The number of halogens is 14. The molecule has 22 nitrogen and oxygen atoms in total. The number of benzene rings is 8. The summed E-state index contributed by atoms with van der Waals surface area (Å²) in [6.45, 7) is 33.2. The molecule has 8 aromatic rings. The number of alkyl halides is 12. The average Bonchev–Trinajstić information content (AvgIpc) is 1.56. The molecule has 40 heteroatoms. The summed E-state index contributed by atoms with van der Waals surface area (Å²) >= 11 is 22.2. The zero-order valence-electron chi connectivity index (χ0n) is 72.4. The van der Waals surface area contributed by atoms with Gasteiger partial charge < -0.3 is 35.1 Å². The van der Waals surface area contributed by atoms with Crippen molar-refractivity contribution >= 4 is 179 Å². The highest BCUT2D eigenvalue weighted by Gasteiger charge is 2.63. The van der Waals surface area contributed by atoms with E-state index < -0.39 is 127 Å². The van der Waals surface area contributed by atoms with Crippen LogP contribution in [0.15, 0.2) is 158 Å². The number of amides is 7. The number of anilines is 8. The van der Waals surface area contributed by atoms with Crippen LogP contribution in [0.5, 0.6) is 0 Å². The van der Waals surface area contributed by atoms with Gasteiger partial charge in [-0.25, -0.2) is 28.2 Å². The summed E-state index contributed by atoms with van der Waals surface area (Å²) in [6.07, 6.45) is -7.99. The third-order valence-electron chi connectivity index (χ3n) is 24.3. The molecule has 4 aliphatic heterocycles. The number of carbonyl (C=O) groups is 7. The summed E-state index contributed by atoms with van der Waals surface area (Å²) in [6, 6.07) is 35.3. The van der Waals surface area contributed by atoms with E-state index in [0.717, 1.165) is 113 Å². The summed E-state index contributed by atoms with van der Waals surface area (Å²) in [7, 11) is 6.16. The van der Waals surface area contributed by atoms with Crippen molar-refractivity contribution in [3.05, 3.63) is 260 Å². The number of carbonyl (C=O) groups excluding carboxylic acids is 7. The largest absolute Gasteiger partial charge is 0.407 e. The lowest BCUT2D eigenvalue weighted by molar-refractivity contribution is -0.137. The lowest BCUT2D eigenvalue weighted by Crippen LogP contribution is -2.55. The van der Waals surface area contributed by atoms with Gasteiger partial charge in [-0.05, 0) is 260 Å². The Balaban J connectivity index is 0.000000161. The van der Waals surface area contributed by atoms with Crippen LogP contribution in [0, 0.1) is 37.9 Å². The van der Waals surface area contributed by atoms with Crippen molar-refractivity contribution in [2.75, 3.05) is 67.4 Å². The highest BCUT2D eigenvalue weighted by atomic mass is 32.1. The Kier molecular flexibility index (Phi) is 28.7. The van der Waals surface area contributed by atoms with E-state index in [1.165, 1.54) is 96.7 Å². The van der Waals surface area contributed by atoms with Crippen molar-refractivity contribution in [2.45, 2.75) is 170 Å². The Hall–Kier alpha value is -13.4. The number of nitrogens with one attached hydrogen (secondary N) is 2. The van der Waals surface area contributed by atoms with Crippen LogP contribution < -0.4 is 49.8 Å². The Morgan fingerprint density at radius 2 is 0.657 bits per heavy atom. The van der Waals surface area contributed by atoms with E-state index in [0.29, 0.717) is 82.4 Å². The van der Waals surface area contributed by atoms with E-state index in [1.807, 2.05) is 48.5 Å². The SMILES string of the molecule is [C-]#[N+]c1ccc(N2C(=O)C(C)(C)N(c3ccc(C(=O)NC)c(F)c3)C2=S)cc1C(F)(F)F.[C-]#[N+]c1ccc(N2C(=O)C3(CCC3)N(c3ccc(CCCC(=O)N(C)C)cc3)C2=S)cc1C(F)(F)F.[C-]#[N+]c1ccc(N2C(=O)C3(CCC3)N(c3ccc(CCCC)cc3)C2=S)cc1C(F)(F)F.[C-]#[N+]c1ccc(N2C(=O)C3(CCCC3)N(c3ccc(C(=O)NC)c(F)c3)C2=S)cc1C(F)(F)F. The minimum atomic E-state index is -4.81. The first-order valence-corrected chi connectivity index (χ1v) is 43.3. The van der Waals surface area contributed by atoms with Crippen LogP contribution in [0.2, 0.25) is 0 Å². The maximum Gasteiger partial charge on any atom is 0.407 e. The van der Waals surface area contributed by atoms with Crippen LogP contribution in [0.1, 0.15) is 165 Å². The van der Waals surface area contributed by atoms with Gasteiger partial charge in [0.15, 0.2) is 43.2 Å². The maximum atomic E-state index is 14.7. The fourth-order valence-electron chi connectivity index (χ4n) is 17.1. The third kappa shape index (κ3) is 18.8. The molecule has 134 heavy (non-hydrogen) atoms. The van der Waals surface area contributed by atoms with Crippen LogP contribution in [0.4, 0.5) is 130 Å². The normalized spacial score (nSPS) is 16.9. The Bertz CT molecular complexity index is 6280. The molecule has 3 spiro atoms. The fourth-order valence-corrected chi connectivity index (χ4v) is 19.0. The number of unbranched alkanes of at least 4 members (excludes halogenated alkanes) is 1. The minimum absolute atomic E-state index is 0.000629. The summed E-state index contributed by atoms with van der Waals surface area (Å²) in [5.41, 5.74) is -7.69. The van der Waals surface area contributed by atoms with E-state index >= 15 is 0 Å². The van der Waals surface area contributed by atoms with Crippen LogP contribution in [0.3, 0.4) is 0 Å². The smallest absolute Gasteiger partial charge is 0.355 e. The second-order valence-electron chi connectivity index (χ2n) is 32.9. The molecule has 3 saturated carbocycles. The van der Waals surface area contributed by atoms with Gasteiger partial charge in [-0.3, -0.25) is 53.2 Å². The predicted molar refractivity (Wildman–Crippen MR) is 492 cm³/mol. The van der Waals surface area contributed by atoms with Gasteiger partial charge in [0.25, 0.3) is 35.4 Å². The Morgan fingerprint density at radius 3 is 0.925 bits per heavy atom. The number of hydrogen-bond acceptors (Lipinski definition) is 11. The van der Waals surface area contributed by atoms with E-state index in [9.17, 15) is 95.0 Å². The van der Waals surface area contributed by atoms with E-state index in [4.69, 9.17) is 75.2 Å². The molecule has 4 heterocycles. The van der Waals surface area contributed by atoms with Crippen molar-refractivity contribution in [1.29, 1.82) is 0 Å². The van der Waals surface area contributed by atoms with Crippen LogP contribution in [-0.2, 0) is 61.5 Å². The van der Waals surface area contributed by atoms with Gasteiger partial charge in [0.05, 0.1) is 59.7 Å². The Labute approximate surface area is 782 Å². The van der Waals surface area contributed by atoms with Crippen molar-refractivity contribution in [2.24, 2.45) is 0 Å². The zero-order chi connectivity index (χ0) is 98.2. The lowest BCUT2D eigenvalue weighted by Gasteiger charge is -2.43. The van der Waals surface area contributed by atoms with E-state index in [2.05, 4.69) is 36.9 Å². The summed E-state index contributed by atoms with van der Waals surface area (Å²) in [4.78, 5) is 113. The Morgan fingerprint density at radius 1 is 0.388 bits per heavy atom. The molecule has 3 aliphatic carbocycles. The van der Waals surface area contributed by atoms with E-state index in [-0.39, 0.29) is 83.4 Å². The highest BCUT2D eigenvalue weighted by molar-refractivity contribution is 7.81. The minimum Gasteiger partial charge on any atom is -0.355 e. The van der Waals surface area contributed by atoms with Crippen molar-refractivity contribution in [3.8, 4) is 0 Å². The maximum absolute atomic E-state index is 14.7. The van der Waals surface area contributed by atoms with Crippen molar-refractivity contribution in [1.82, 2.24) is 15.5 Å². The van der Waals surface area contributed by atoms with Crippen LogP contribution >= 0.6 is 48.9 Å². The number of hydrogen-bond donors (Lipinski definition) is 2. The van der Waals surface area contributed by atoms with Gasteiger partial charge in [-0.1, -0.05) is 74.7 Å². The molecule has 7 amide bonds. The molecule has 0 unspecified atom stereocenters. The number of aryl methyl sites for hydroxylation is 2. The number of rotatable bonds is 17. The molecule has 2 N–H and O–H groups in total. The second-order valence-corrected chi connectivity index (χ2v) is 34.4. The molecular formula is C94H81F14N15O7S4. The molecule has 15 rings (SSSR count). The van der Waals surface area contributed by atoms with Crippen LogP contribution in [0.25, 0.3) is 19.4 Å². The standard InChI is InChI=1S/C26H25F3N4O2S.C24H22F3N3OS.C23H18F4N4O2S.C21H16F4N4O2S/c1-30-21-13-12-19(16-20(21)26(27,28)29)32-23(35)25(14-5-15-25)33(24(32)36)18-10-8-17(9-11-18)6-4-7-22(34)31(2)3;1-3-4-6-16-7-9-17(10-8-16)30-22(32)29(21(31)23(30)13-5-14-23)18-11-12-20(28-2)19(15-18)24(25,26)27;1-28-18-8-6-13(11-16(18)23(25,26)27)30-20(33)22(9-3-4-10-22)31(21(30)34)14-5-7-15(17(24)12-14)19(32)29-2;1-20(2)18(31)28(11-6-8-16(26-3)14(9-11)21(23,24)25)19(32)29(20)12-5-7-13(15(22)10-12)17(30)27-4/h8-13,16H,4-7,14-15H2,2-3H3;7-12,15H,3-6,13-14H2,1H3;5-8,11-12H,3-4,9-10H2,2H3,(H,29,32);5-10H,1-2,4H3,(H,27,30). The van der Waals surface area contributed by atoms with Crippen LogP contribution in [-0.4, -0.2) is 117 Å². The zero-order valence-corrected chi connectivity index (χ0v) is 75.7. The molecule has 7 fully saturated rings. The number of nitrogens with zero attached hydrogens (tertiary/aromatic N) is 13. The van der Waals surface area contributed by atoms with Gasteiger partial charge >= 0.3 is 24.7 Å². The molecule has 696 valence electrons. The average molecular weight is 1930 g/mol. The quantitative estimate of drug-likeness (QED) is 0.0497. The fraction of sp³-hybridized carbons (Fsp3) is 0.330. The van der Waals surface area contributed by atoms with Gasteiger partial charge in [0.2, 0.25) is 5.91 Å². The summed E-state index contributed by atoms with van der Waals surface area (Å²) < 4.78 is 191. The van der Waals surface area contributed by atoms with Gasteiger partial charge in [-0.15, -0.1) is 0 Å². The van der Waals surface area contributed by atoms with Gasteiger partial charge in [0.1, 0.15) is 33.8 Å². The van der Waals surface area contributed by atoms with Gasteiger partial charge in [0, 0.05) is 80.1 Å². The van der Waals surface area contributed by atoms with Crippen molar-refractivity contribution in [3.63, 3.8) is 0 Å².